The number of pyridine rings is 2. The van der Waals surface area contributed by atoms with Crippen LogP contribution < -0.4 is 0 Å². The molecule has 0 spiro atoms. The Labute approximate surface area is 245 Å². The molecule has 0 unspecified atom stereocenters. The molecule has 38 heavy (non-hydrogen) atoms. The first-order chi connectivity index (χ1) is 24.3. The molecule has 6 rings (SSSR count). The van der Waals surface area contributed by atoms with Crippen molar-refractivity contribution in [1.82, 2.24) is 9.97 Å². The van der Waals surface area contributed by atoms with Gasteiger partial charge in [-0.3, -0.25) is 4.98 Å². The van der Waals surface area contributed by atoms with Crippen molar-refractivity contribution in [2.75, 3.05) is 0 Å². The molecule has 3 heterocycles. The first kappa shape index (κ1) is 12.5. The molecule has 3 aromatic carbocycles. The highest BCUT2D eigenvalue weighted by Crippen LogP contribution is 2.39. The summed E-state index contributed by atoms with van der Waals surface area (Å²) in [7, 11) is 0. The Kier molecular flexibility index (Phi) is 2.95. The second-order valence-corrected chi connectivity index (χ2v) is 9.40. The molecule has 188 valence electrons. The normalized spacial score (nSPS) is 19.1. The van der Waals surface area contributed by atoms with E-state index in [1.807, 2.05) is 0 Å². The number of hydrogen-bond donors (Lipinski definition) is 0. The highest BCUT2D eigenvalue weighted by molar-refractivity contribution is 6.09. The van der Waals surface area contributed by atoms with Crippen molar-refractivity contribution in [3.63, 3.8) is 0 Å². The lowest BCUT2D eigenvalue weighted by Gasteiger charge is -2.17. The summed E-state index contributed by atoms with van der Waals surface area (Å²) in [4.78, 5) is 8.68. The van der Waals surface area contributed by atoms with Gasteiger partial charge in [0.2, 0.25) is 5.71 Å². The van der Waals surface area contributed by atoms with Crippen LogP contribution in [0.15, 0.2) is 71.3 Å². The molecule has 0 radical (unpaired) electrons. The number of hydrogen-bond acceptors (Lipinski definition) is 3. The molecule has 3 heteroatoms. The van der Waals surface area contributed by atoms with Crippen LogP contribution in [0.4, 0.5) is 0 Å². The number of aromatic nitrogens is 2. The van der Waals surface area contributed by atoms with Gasteiger partial charge >= 0.3 is 0 Å². The van der Waals surface area contributed by atoms with Gasteiger partial charge in [0.15, 0.2) is 0 Å². The molecular formula is C35H32N2O. The number of aryl methyl sites for hydroxylation is 7. The average molecular weight is 512 g/mol. The van der Waals surface area contributed by atoms with Crippen LogP contribution in [0, 0.1) is 48.1 Å². The summed E-state index contributed by atoms with van der Waals surface area (Å²) < 4.78 is 130. The number of furan rings is 1. The van der Waals surface area contributed by atoms with E-state index >= 15 is 0 Å². The number of benzene rings is 3. The lowest BCUT2D eigenvalue weighted by atomic mass is 9.88. The Bertz CT molecular complexity index is 2410. The van der Waals surface area contributed by atoms with Crippen LogP contribution in [0.5, 0.6) is 0 Å². The molecule has 3 aromatic heterocycles. The molecule has 0 saturated heterocycles. The van der Waals surface area contributed by atoms with Gasteiger partial charge in [-0.15, -0.1) is 0 Å². The second-order valence-electron chi connectivity index (χ2n) is 9.40. The van der Waals surface area contributed by atoms with Crippen LogP contribution in [0.2, 0.25) is 0 Å². The van der Waals surface area contributed by atoms with E-state index in [1.165, 1.54) is 24.3 Å². The maximum absolute atomic E-state index is 8.52. The van der Waals surface area contributed by atoms with Gasteiger partial charge in [0.1, 0.15) is 5.58 Å². The molecule has 0 aliphatic heterocycles. The molecule has 3 nitrogen and oxygen atoms in total. The van der Waals surface area contributed by atoms with E-state index in [1.54, 1.807) is 38.1 Å². The predicted molar refractivity (Wildman–Crippen MR) is 159 cm³/mol. The SMILES string of the molecule is [2H]C([2H])([2H])c1cc(C)c2c(n1)oc1c(-c3cc(-c4cc(C([2H])([2H])[2H])c(-c5ccc(C)cc5C([2H])([2H])[2H])cc4C([2H])([2H])[2H])c(C([2H])([2H])[2H])cn3)cccc12. The van der Waals surface area contributed by atoms with Crippen LogP contribution in [0.25, 0.3) is 55.6 Å². The molecule has 0 fully saturated rings. The van der Waals surface area contributed by atoms with E-state index in [0.717, 1.165) is 18.3 Å². The third-order valence-electron chi connectivity index (χ3n) is 6.76. The van der Waals surface area contributed by atoms with Crippen LogP contribution in [0.1, 0.15) is 59.6 Å². The van der Waals surface area contributed by atoms with Gasteiger partial charge in [0, 0.05) is 43.4 Å². The summed E-state index contributed by atoms with van der Waals surface area (Å²) in [5, 5.41) is 1.13. The van der Waals surface area contributed by atoms with Crippen molar-refractivity contribution in [2.24, 2.45) is 0 Å². The van der Waals surface area contributed by atoms with Crippen LogP contribution in [-0.2, 0) is 0 Å². The summed E-state index contributed by atoms with van der Waals surface area (Å²) in [5.74, 6) is 0. The van der Waals surface area contributed by atoms with Gasteiger partial charge in [-0.1, -0.05) is 48.0 Å². The van der Waals surface area contributed by atoms with Gasteiger partial charge in [-0.05, 0) is 116 Å². The third kappa shape index (κ3) is 3.90. The number of rotatable bonds is 3. The summed E-state index contributed by atoms with van der Waals surface area (Å²) in [6.07, 6.45) is 1.08. The first-order valence-corrected chi connectivity index (χ1v) is 11.9. The van der Waals surface area contributed by atoms with Crippen LogP contribution in [0.3, 0.4) is 0 Å². The molecule has 0 aliphatic rings. The Morgan fingerprint density at radius 1 is 0.658 bits per heavy atom. The maximum Gasteiger partial charge on any atom is 0.227 e. The fourth-order valence-corrected chi connectivity index (χ4v) is 4.95. The largest absolute Gasteiger partial charge is 0.437 e. The quantitative estimate of drug-likeness (QED) is 0.237. The minimum absolute atomic E-state index is 0.00681. The van der Waals surface area contributed by atoms with Gasteiger partial charge in [-0.2, -0.15) is 0 Å². The van der Waals surface area contributed by atoms with Gasteiger partial charge in [0.05, 0.1) is 11.1 Å². The fraction of sp³-hybridized carbons (Fsp3) is 0.200. The van der Waals surface area contributed by atoms with Crippen molar-refractivity contribution in [1.29, 1.82) is 0 Å². The van der Waals surface area contributed by atoms with Crippen molar-refractivity contribution in [3.8, 4) is 33.5 Å². The number of nitrogens with zero attached hydrogens (tertiary/aromatic N) is 2. The monoisotopic (exact) mass is 511 g/mol. The van der Waals surface area contributed by atoms with Gasteiger partial charge in [-0.25, -0.2) is 4.98 Å². The number of fused-ring (bicyclic) bond motifs is 3. The highest BCUT2D eigenvalue weighted by Gasteiger charge is 2.18. The smallest absolute Gasteiger partial charge is 0.227 e. The van der Waals surface area contributed by atoms with Crippen LogP contribution >= 0.6 is 0 Å². The standard InChI is InChI=1S/C35H32N2O/c1-19-11-12-26(20(2)13-19)29-15-22(4)30(16-21(29)3)31-17-32(36-18-24(31)6)27-9-8-10-28-33-23(5)14-25(7)37-35(33)38-34(27)28/h8-18H,1-7H3/i2D3,3D3,4D3,6D3,7D3. The Morgan fingerprint density at radius 2 is 1.39 bits per heavy atom. The van der Waals surface area contributed by atoms with Crippen molar-refractivity contribution in [2.45, 2.75) is 48.1 Å². The fourth-order valence-electron chi connectivity index (χ4n) is 4.95. The van der Waals surface area contributed by atoms with E-state index in [9.17, 15) is 0 Å². The lowest BCUT2D eigenvalue weighted by Crippen LogP contribution is -1.95. The maximum atomic E-state index is 8.52. The molecule has 0 bridgehead atoms. The topological polar surface area (TPSA) is 38.9 Å². The zero-order valence-electron chi connectivity index (χ0n) is 35.7. The summed E-state index contributed by atoms with van der Waals surface area (Å²) in [5.41, 5.74) is 0.0546. The molecule has 6 aromatic rings. The molecular weight excluding hydrogens is 464 g/mol. The minimum Gasteiger partial charge on any atom is -0.437 e. The zero-order valence-corrected chi connectivity index (χ0v) is 20.7. The van der Waals surface area contributed by atoms with Crippen molar-refractivity contribution >= 4 is 22.1 Å². The van der Waals surface area contributed by atoms with Crippen LogP contribution in [-0.4, -0.2) is 9.97 Å². The lowest BCUT2D eigenvalue weighted by molar-refractivity contribution is 0.653. The molecule has 0 saturated carbocycles. The number of para-hydroxylation sites is 1. The first-order valence-electron chi connectivity index (χ1n) is 19.4. The van der Waals surface area contributed by atoms with Gasteiger partial charge < -0.3 is 4.42 Å². The zero-order chi connectivity index (χ0) is 39.2. The predicted octanol–water partition coefficient (Wildman–Crippen LogP) is 9.54. The Hall–Kier alpha value is -4.24. The van der Waals surface area contributed by atoms with Crippen molar-refractivity contribution in [3.05, 3.63) is 106 Å². The molecule has 0 amide bonds. The van der Waals surface area contributed by atoms with E-state index in [-0.39, 0.29) is 61.6 Å². The molecule has 0 atom stereocenters. The Balaban J connectivity index is 1.69. The summed E-state index contributed by atoms with van der Waals surface area (Å²) in [6, 6.07) is 14.5. The minimum atomic E-state index is -2.93. The van der Waals surface area contributed by atoms with Gasteiger partial charge in [0.25, 0.3) is 0 Å². The molecule has 0 aliphatic carbocycles. The summed E-state index contributed by atoms with van der Waals surface area (Å²) in [6.45, 7) is -10.4. The molecule has 0 N–H and O–H groups in total. The summed E-state index contributed by atoms with van der Waals surface area (Å²) >= 11 is 0. The second kappa shape index (κ2) is 8.95. The highest BCUT2D eigenvalue weighted by atomic mass is 16.3. The Morgan fingerprint density at radius 3 is 2.16 bits per heavy atom. The van der Waals surface area contributed by atoms with Crippen molar-refractivity contribution < 1.29 is 25.0 Å². The van der Waals surface area contributed by atoms with E-state index < -0.39 is 39.8 Å². The van der Waals surface area contributed by atoms with E-state index in [4.69, 9.17) is 25.0 Å². The van der Waals surface area contributed by atoms with E-state index in [2.05, 4.69) is 9.97 Å². The third-order valence-corrected chi connectivity index (χ3v) is 6.76. The average Bonchev–Trinajstić information content (AvgIpc) is 3.41. The van der Waals surface area contributed by atoms with E-state index in [0.29, 0.717) is 27.5 Å².